The SMILES string of the molecule is O=C(CCc1ccccc1)NCC1COc2ccccc21. The summed E-state index contributed by atoms with van der Waals surface area (Å²) in [6, 6.07) is 18.1. The lowest BCUT2D eigenvalue weighted by Crippen LogP contribution is -2.29. The molecule has 3 rings (SSSR count). The molecule has 0 saturated carbocycles. The van der Waals surface area contributed by atoms with Gasteiger partial charge in [0.15, 0.2) is 0 Å². The molecule has 21 heavy (non-hydrogen) atoms. The van der Waals surface area contributed by atoms with Crippen molar-refractivity contribution in [2.75, 3.05) is 13.2 Å². The fourth-order valence-electron chi connectivity index (χ4n) is 2.63. The molecule has 108 valence electrons. The monoisotopic (exact) mass is 281 g/mol. The van der Waals surface area contributed by atoms with Gasteiger partial charge in [0.1, 0.15) is 5.75 Å². The van der Waals surface area contributed by atoms with Crippen LogP contribution in [0.1, 0.15) is 23.5 Å². The standard InChI is InChI=1S/C18H19NO2/c20-18(11-10-14-6-2-1-3-7-14)19-12-15-13-21-17-9-5-4-8-16(15)17/h1-9,15H,10-13H2,(H,19,20). The minimum Gasteiger partial charge on any atom is -0.493 e. The number of rotatable bonds is 5. The molecule has 3 heteroatoms. The molecule has 0 aromatic heterocycles. The van der Waals surface area contributed by atoms with Crippen LogP contribution in [0.25, 0.3) is 0 Å². The number of benzene rings is 2. The van der Waals surface area contributed by atoms with E-state index in [0.29, 0.717) is 19.6 Å². The van der Waals surface area contributed by atoms with E-state index in [1.165, 1.54) is 11.1 Å². The molecule has 1 amide bonds. The highest BCUT2D eigenvalue weighted by Gasteiger charge is 2.23. The minimum absolute atomic E-state index is 0.100. The zero-order chi connectivity index (χ0) is 14.5. The normalized spacial score (nSPS) is 16.1. The topological polar surface area (TPSA) is 38.3 Å². The third-order valence-corrected chi connectivity index (χ3v) is 3.83. The van der Waals surface area contributed by atoms with Crippen molar-refractivity contribution in [2.24, 2.45) is 0 Å². The Morgan fingerprint density at radius 1 is 1.10 bits per heavy atom. The number of para-hydroxylation sites is 1. The highest BCUT2D eigenvalue weighted by atomic mass is 16.5. The van der Waals surface area contributed by atoms with Gasteiger partial charge in [-0.15, -0.1) is 0 Å². The van der Waals surface area contributed by atoms with Crippen LogP contribution in [-0.4, -0.2) is 19.1 Å². The Balaban J connectivity index is 1.47. The van der Waals surface area contributed by atoms with Gasteiger partial charge >= 0.3 is 0 Å². The number of aryl methyl sites for hydroxylation is 1. The summed E-state index contributed by atoms with van der Waals surface area (Å²) in [5.74, 6) is 1.31. The molecule has 3 nitrogen and oxygen atoms in total. The molecule has 0 spiro atoms. The smallest absolute Gasteiger partial charge is 0.220 e. The highest BCUT2D eigenvalue weighted by Crippen LogP contribution is 2.32. The number of nitrogens with one attached hydrogen (secondary N) is 1. The first-order valence-corrected chi connectivity index (χ1v) is 7.35. The zero-order valence-electron chi connectivity index (χ0n) is 11.9. The lowest BCUT2D eigenvalue weighted by Gasteiger charge is -2.10. The first-order valence-electron chi connectivity index (χ1n) is 7.35. The predicted molar refractivity (Wildman–Crippen MR) is 82.5 cm³/mol. The molecule has 0 saturated heterocycles. The van der Waals surface area contributed by atoms with Gasteiger partial charge in [-0.05, 0) is 18.1 Å². The van der Waals surface area contributed by atoms with Crippen molar-refractivity contribution in [1.29, 1.82) is 0 Å². The van der Waals surface area contributed by atoms with Crippen molar-refractivity contribution < 1.29 is 9.53 Å². The second kappa shape index (κ2) is 6.44. The van der Waals surface area contributed by atoms with Gasteiger partial charge in [-0.1, -0.05) is 48.5 Å². The second-order valence-corrected chi connectivity index (χ2v) is 5.34. The molecule has 0 fully saturated rings. The van der Waals surface area contributed by atoms with E-state index in [-0.39, 0.29) is 11.8 Å². The van der Waals surface area contributed by atoms with Crippen LogP contribution in [0.4, 0.5) is 0 Å². The van der Waals surface area contributed by atoms with Crippen LogP contribution in [0.2, 0.25) is 0 Å². The Kier molecular flexibility index (Phi) is 4.20. The van der Waals surface area contributed by atoms with Gasteiger partial charge in [-0.3, -0.25) is 4.79 Å². The van der Waals surface area contributed by atoms with Crippen molar-refractivity contribution in [3.63, 3.8) is 0 Å². The molecular formula is C18H19NO2. The summed E-state index contributed by atoms with van der Waals surface area (Å²) >= 11 is 0. The third-order valence-electron chi connectivity index (χ3n) is 3.83. The fraction of sp³-hybridized carbons (Fsp3) is 0.278. The molecule has 1 heterocycles. The molecule has 1 unspecified atom stereocenters. The molecule has 1 N–H and O–H groups in total. The van der Waals surface area contributed by atoms with Gasteiger partial charge in [-0.2, -0.15) is 0 Å². The molecule has 1 atom stereocenters. The Morgan fingerprint density at radius 3 is 2.71 bits per heavy atom. The fourth-order valence-corrected chi connectivity index (χ4v) is 2.63. The summed E-state index contributed by atoms with van der Waals surface area (Å²) in [6.45, 7) is 1.29. The maximum atomic E-state index is 11.9. The van der Waals surface area contributed by atoms with Crippen LogP contribution < -0.4 is 10.1 Å². The van der Waals surface area contributed by atoms with E-state index in [0.717, 1.165) is 12.2 Å². The average Bonchev–Trinajstić information content (AvgIpc) is 2.95. The van der Waals surface area contributed by atoms with Crippen molar-refractivity contribution >= 4 is 5.91 Å². The van der Waals surface area contributed by atoms with E-state index in [9.17, 15) is 4.79 Å². The van der Waals surface area contributed by atoms with Gasteiger partial charge in [0.2, 0.25) is 5.91 Å². The van der Waals surface area contributed by atoms with E-state index in [1.807, 2.05) is 48.5 Å². The lowest BCUT2D eigenvalue weighted by molar-refractivity contribution is -0.121. The van der Waals surface area contributed by atoms with Crippen LogP contribution in [0.15, 0.2) is 54.6 Å². The first kappa shape index (κ1) is 13.7. The van der Waals surface area contributed by atoms with Crippen molar-refractivity contribution in [1.82, 2.24) is 5.32 Å². The minimum atomic E-state index is 0.100. The number of fused-ring (bicyclic) bond motifs is 1. The molecule has 0 aliphatic carbocycles. The van der Waals surface area contributed by atoms with Crippen molar-refractivity contribution in [2.45, 2.75) is 18.8 Å². The lowest BCUT2D eigenvalue weighted by atomic mass is 10.0. The molecule has 2 aromatic rings. The third kappa shape index (κ3) is 3.43. The Morgan fingerprint density at radius 2 is 1.86 bits per heavy atom. The molecule has 1 aliphatic heterocycles. The van der Waals surface area contributed by atoms with E-state index in [1.54, 1.807) is 0 Å². The molecule has 0 radical (unpaired) electrons. The number of ether oxygens (including phenoxy) is 1. The van der Waals surface area contributed by atoms with E-state index in [2.05, 4.69) is 11.4 Å². The van der Waals surface area contributed by atoms with E-state index < -0.39 is 0 Å². The van der Waals surface area contributed by atoms with Gasteiger partial charge in [-0.25, -0.2) is 0 Å². The van der Waals surface area contributed by atoms with E-state index in [4.69, 9.17) is 4.74 Å². The summed E-state index contributed by atoms with van der Waals surface area (Å²) in [6.07, 6.45) is 1.31. The number of amides is 1. The maximum Gasteiger partial charge on any atom is 0.220 e. The Hall–Kier alpha value is -2.29. The summed E-state index contributed by atoms with van der Waals surface area (Å²) in [4.78, 5) is 11.9. The summed E-state index contributed by atoms with van der Waals surface area (Å²) in [7, 11) is 0. The van der Waals surface area contributed by atoms with Gasteiger partial charge in [0, 0.05) is 24.4 Å². The van der Waals surface area contributed by atoms with E-state index >= 15 is 0 Å². The van der Waals surface area contributed by atoms with Crippen molar-refractivity contribution in [3.05, 3.63) is 65.7 Å². The highest BCUT2D eigenvalue weighted by molar-refractivity contribution is 5.76. The van der Waals surface area contributed by atoms with Crippen molar-refractivity contribution in [3.8, 4) is 5.75 Å². The zero-order valence-corrected chi connectivity index (χ0v) is 11.9. The Labute approximate surface area is 124 Å². The number of hydrogen-bond acceptors (Lipinski definition) is 2. The summed E-state index contributed by atoms with van der Waals surface area (Å²) in [5.41, 5.74) is 2.39. The number of hydrogen-bond donors (Lipinski definition) is 1. The summed E-state index contributed by atoms with van der Waals surface area (Å²) < 4.78 is 5.62. The van der Waals surface area contributed by atoms with Crippen LogP contribution in [0.3, 0.4) is 0 Å². The molecule has 2 aromatic carbocycles. The predicted octanol–water partition coefficient (Wildman–Crippen LogP) is 2.91. The molecule has 1 aliphatic rings. The maximum absolute atomic E-state index is 11.9. The quantitative estimate of drug-likeness (QED) is 0.915. The second-order valence-electron chi connectivity index (χ2n) is 5.34. The number of carbonyl (C=O) groups is 1. The number of carbonyl (C=O) groups excluding carboxylic acids is 1. The molecule has 0 bridgehead atoms. The van der Waals surface area contributed by atoms with Crippen LogP contribution in [0, 0.1) is 0 Å². The Bertz CT molecular complexity index is 610. The van der Waals surface area contributed by atoms with Crippen LogP contribution in [-0.2, 0) is 11.2 Å². The van der Waals surface area contributed by atoms with Gasteiger partial charge in [0.25, 0.3) is 0 Å². The van der Waals surface area contributed by atoms with Crippen LogP contribution >= 0.6 is 0 Å². The van der Waals surface area contributed by atoms with Gasteiger partial charge < -0.3 is 10.1 Å². The van der Waals surface area contributed by atoms with Crippen LogP contribution in [0.5, 0.6) is 5.75 Å². The molecular weight excluding hydrogens is 262 g/mol. The first-order chi connectivity index (χ1) is 10.3. The average molecular weight is 281 g/mol. The summed E-state index contributed by atoms with van der Waals surface area (Å²) in [5, 5.41) is 3.02. The largest absolute Gasteiger partial charge is 0.493 e. The van der Waals surface area contributed by atoms with Gasteiger partial charge in [0.05, 0.1) is 6.61 Å².